The van der Waals surface area contributed by atoms with Crippen LogP contribution in [-0.2, 0) is 17.8 Å². The second kappa shape index (κ2) is 9.02. The molecule has 1 atom stereocenters. The third-order valence-electron chi connectivity index (χ3n) is 4.91. The number of carbonyl (C=O) groups is 2. The minimum absolute atomic E-state index is 0.0698. The van der Waals surface area contributed by atoms with Crippen LogP contribution in [0.2, 0.25) is 5.02 Å². The van der Waals surface area contributed by atoms with Gasteiger partial charge >= 0.3 is 0 Å². The Kier molecular flexibility index (Phi) is 6.48. The lowest BCUT2D eigenvalue weighted by Crippen LogP contribution is -2.46. The van der Waals surface area contributed by atoms with Gasteiger partial charge in [-0.3, -0.25) is 14.5 Å². The molecule has 1 aliphatic heterocycles. The average molecular weight is 386 g/mol. The first kappa shape index (κ1) is 19.4. The quantitative estimate of drug-likeness (QED) is 0.803. The van der Waals surface area contributed by atoms with Gasteiger partial charge in [0.15, 0.2) is 0 Å². The smallest absolute Gasteiger partial charge is 0.253 e. The zero-order valence-electron chi connectivity index (χ0n) is 15.4. The molecular weight excluding hydrogens is 362 g/mol. The van der Waals surface area contributed by atoms with Gasteiger partial charge in [-0.05, 0) is 36.6 Å². The van der Waals surface area contributed by atoms with E-state index in [1.807, 2.05) is 0 Å². The van der Waals surface area contributed by atoms with Gasteiger partial charge in [0.25, 0.3) is 5.91 Å². The van der Waals surface area contributed by atoms with Crippen LogP contribution < -0.4 is 10.6 Å². The molecule has 0 saturated carbocycles. The lowest BCUT2D eigenvalue weighted by Gasteiger charge is -2.33. The summed E-state index contributed by atoms with van der Waals surface area (Å²) in [4.78, 5) is 26.5. The highest BCUT2D eigenvalue weighted by molar-refractivity contribution is 6.33. The van der Waals surface area contributed by atoms with E-state index in [-0.39, 0.29) is 24.4 Å². The van der Waals surface area contributed by atoms with E-state index in [2.05, 4.69) is 46.7 Å². The molecule has 6 heteroatoms. The van der Waals surface area contributed by atoms with E-state index in [9.17, 15) is 9.59 Å². The van der Waals surface area contributed by atoms with E-state index in [0.717, 1.165) is 19.5 Å². The predicted octanol–water partition coefficient (Wildman–Crippen LogP) is 2.63. The van der Waals surface area contributed by atoms with Gasteiger partial charge in [-0.15, -0.1) is 0 Å². The zero-order valence-corrected chi connectivity index (χ0v) is 16.1. The molecule has 0 aromatic heterocycles. The van der Waals surface area contributed by atoms with Crippen molar-refractivity contribution < 1.29 is 9.59 Å². The number of halogens is 1. The summed E-state index contributed by atoms with van der Waals surface area (Å²) >= 11 is 5.99. The number of fused-ring (bicyclic) bond motifs is 1. The summed E-state index contributed by atoms with van der Waals surface area (Å²) < 4.78 is 0. The summed E-state index contributed by atoms with van der Waals surface area (Å²) in [6.07, 6.45) is 1.03. The van der Waals surface area contributed by atoms with Gasteiger partial charge in [0.05, 0.1) is 17.1 Å². The number of nitrogens with zero attached hydrogens (tertiary/aromatic N) is 1. The molecule has 0 spiro atoms. The number of hydrogen-bond donors (Lipinski definition) is 2. The minimum Gasteiger partial charge on any atom is -0.353 e. The molecule has 27 heavy (non-hydrogen) atoms. The first-order valence-electron chi connectivity index (χ1n) is 9.15. The van der Waals surface area contributed by atoms with E-state index in [0.29, 0.717) is 17.1 Å². The molecule has 0 aliphatic carbocycles. The number of amides is 2. The number of nitrogens with one attached hydrogen (secondary N) is 2. The SMILES string of the molecule is CC(CNC(=O)CNC(=O)c1ccccc1Cl)N1CCc2ccccc2C1. The van der Waals surface area contributed by atoms with Crippen LogP contribution in [0.15, 0.2) is 48.5 Å². The number of hydrogen-bond acceptors (Lipinski definition) is 3. The Morgan fingerprint density at radius 1 is 1.07 bits per heavy atom. The van der Waals surface area contributed by atoms with Crippen LogP contribution in [0.3, 0.4) is 0 Å². The van der Waals surface area contributed by atoms with Crippen molar-refractivity contribution in [1.29, 1.82) is 0 Å². The van der Waals surface area contributed by atoms with E-state index >= 15 is 0 Å². The van der Waals surface area contributed by atoms with Crippen molar-refractivity contribution >= 4 is 23.4 Å². The molecule has 0 bridgehead atoms. The molecule has 0 saturated heterocycles. The van der Waals surface area contributed by atoms with E-state index < -0.39 is 0 Å². The Hall–Kier alpha value is -2.37. The van der Waals surface area contributed by atoms with Crippen LogP contribution >= 0.6 is 11.6 Å². The Bertz CT molecular complexity index is 825. The first-order valence-corrected chi connectivity index (χ1v) is 9.52. The Morgan fingerprint density at radius 2 is 1.78 bits per heavy atom. The van der Waals surface area contributed by atoms with Crippen molar-refractivity contribution in [3.05, 3.63) is 70.2 Å². The van der Waals surface area contributed by atoms with Gasteiger partial charge in [0.1, 0.15) is 0 Å². The van der Waals surface area contributed by atoms with Crippen molar-refractivity contribution in [3.63, 3.8) is 0 Å². The van der Waals surface area contributed by atoms with Crippen LogP contribution in [0.25, 0.3) is 0 Å². The molecule has 1 heterocycles. The van der Waals surface area contributed by atoms with Gasteiger partial charge in [-0.1, -0.05) is 48.0 Å². The Balaban J connectivity index is 1.43. The summed E-state index contributed by atoms with van der Waals surface area (Å²) in [5.41, 5.74) is 3.13. The molecule has 0 fully saturated rings. The van der Waals surface area contributed by atoms with Crippen LogP contribution in [0.4, 0.5) is 0 Å². The number of benzene rings is 2. The molecule has 5 nitrogen and oxygen atoms in total. The molecule has 1 unspecified atom stereocenters. The standard InChI is InChI=1S/C21H24ClN3O2/c1-15(25-11-10-16-6-2-3-7-17(16)14-25)12-23-20(26)13-24-21(27)18-8-4-5-9-19(18)22/h2-9,15H,10-14H2,1H3,(H,23,26)(H,24,27). The minimum atomic E-state index is -0.351. The van der Waals surface area contributed by atoms with Gasteiger partial charge in [0, 0.05) is 25.7 Å². The maximum Gasteiger partial charge on any atom is 0.253 e. The molecule has 2 aromatic carbocycles. The number of carbonyl (C=O) groups excluding carboxylic acids is 2. The predicted molar refractivity (Wildman–Crippen MR) is 107 cm³/mol. The van der Waals surface area contributed by atoms with E-state index in [4.69, 9.17) is 11.6 Å². The molecule has 0 radical (unpaired) electrons. The summed E-state index contributed by atoms with van der Waals surface area (Å²) in [5.74, 6) is -0.559. The molecule has 3 rings (SSSR count). The highest BCUT2D eigenvalue weighted by atomic mass is 35.5. The van der Waals surface area contributed by atoms with Gasteiger partial charge in [0.2, 0.25) is 5.91 Å². The average Bonchev–Trinajstić information content (AvgIpc) is 2.70. The highest BCUT2D eigenvalue weighted by Gasteiger charge is 2.20. The summed E-state index contributed by atoms with van der Waals surface area (Å²) in [7, 11) is 0. The monoisotopic (exact) mass is 385 g/mol. The molecule has 2 amide bonds. The van der Waals surface area contributed by atoms with Gasteiger partial charge in [-0.25, -0.2) is 0 Å². The third kappa shape index (κ3) is 5.08. The lowest BCUT2D eigenvalue weighted by molar-refractivity contribution is -0.120. The molecular formula is C21H24ClN3O2. The first-order chi connectivity index (χ1) is 13.0. The van der Waals surface area contributed by atoms with Crippen LogP contribution in [0.1, 0.15) is 28.4 Å². The second-order valence-corrected chi connectivity index (χ2v) is 7.21. The lowest BCUT2D eigenvalue weighted by atomic mass is 9.99. The van der Waals surface area contributed by atoms with E-state index in [1.54, 1.807) is 24.3 Å². The fourth-order valence-corrected chi connectivity index (χ4v) is 3.47. The van der Waals surface area contributed by atoms with E-state index in [1.165, 1.54) is 11.1 Å². The molecule has 2 aromatic rings. The van der Waals surface area contributed by atoms with Crippen molar-refractivity contribution in [2.75, 3.05) is 19.6 Å². The molecule has 1 aliphatic rings. The third-order valence-corrected chi connectivity index (χ3v) is 5.24. The summed E-state index contributed by atoms with van der Waals surface area (Å²) in [6, 6.07) is 15.5. The second-order valence-electron chi connectivity index (χ2n) is 6.80. The number of rotatable bonds is 6. The fourth-order valence-electron chi connectivity index (χ4n) is 3.25. The van der Waals surface area contributed by atoms with Crippen LogP contribution in [0.5, 0.6) is 0 Å². The molecule has 2 N–H and O–H groups in total. The van der Waals surface area contributed by atoms with Gasteiger partial charge < -0.3 is 10.6 Å². The van der Waals surface area contributed by atoms with Crippen molar-refractivity contribution in [3.8, 4) is 0 Å². The van der Waals surface area contributed by atoms with Crippen LogP contribution in [-0.4, -0.2) is 42.4 Å². The Morgan fingerprint density at radius 3 is 2.56 bits per heavy atom. The van der Waals surface area contributed by atoms with Crippen molar-refractivity contribution in [2.45, 2.75) is 25.9 Å². The normalized spacial score (nSPS) is 14.9. The topological polar surface area (TPSA) is 61.4 Å². The highest BCUT2D eigenvalue weighted by Crippen LogP contribution is 2.20. The molecule has 142 valence electrons. The van der Waals surface area contributed by atoms with Crippen molar-refractivity contribution in [1.82, 2.24) is 15.5 Å². The van der Waals surface area contributed by atoms with Crippen LogP contribution in [0, 0.1) is 0 Å². The van der Waals surface area contributed by atoms with Crippen molar-refractivity contribution in [2.24, 2.45) is 0 Å². The summed E-state index contributed by atoms with van der Waals surface area (Å²) in [5, 5.41) is 5.87. The van der Waals surface area contributed by atoms with Gasteiger partial charge in [-0.2, -0.15) is 0 Å². The zero-order chi connectivity index (χ0) is 19.2. The largest absolute Gasteiger partial charge is 0.353 e. The fraction of sp³-hybridized carbons (Fsp3) is 0.333. The summed E-state index contributed by atoms with van der Waals surface area (Å²) in [6.45, 7) is 4.47. The Labute approximate surface area is 164 Å². The maximum absolute atomic E-state index is 12.1. The maximum atomic E-state index is 12.1.